The maximum atomic E-state index is 13.7. The normalized spacial score (nSPS) is 17.0. The number of halogens is 1. The van der Waals surface area contributed by atoms with Crippen LogP contribution in [0.4, 0.5) is 4.39 Å². The van der Waals surface area contributed by atoms with E-state index in [0.717, 1.165) is 96.3 Å². The minimum atomic E-state index is -1.60. The van der Waals surface area contributed by atoms with Gasteiger partial charge >= 0.3 is 29.8 Å². The van der Waals surface area contributed by atoms with Crippen LogP contribution in [0.25, 0.3) is 0 Å². The molecule has 2 amide bonds. The van der Waals surface area contributed by atoms with Crippen LogP contribution in [0.5, 0.6) is 5.75 Å². The van der Waals surface area contributed by atoms with Gasteiger partial charge < -0.3 is 44.2 Å². The molecule has 8 atom stereocenters. The van der Waals surface area contributed by atoms with Crippen LogP contribution in [0.1, 0.15) is 152 Å². The Morgan fingerprint density at radius 1 is 0.603 bits per heavy atom. The van der Waals surface area contributed by atoms with Crippen molar-refractivity contribution in [2.75, 3.05) is 20.3 Å². The van der Waals surface area contributed by atoms with E-state index in [1.165, 1.54) is 12.1 Å². The first kappa shape index (κ1) is 58.9. The molecule has 0 aliphatic heterocycles. The summed E-state index contributed by atoms with van der Waals surface area (Å²) in [5, 5.41) is 16.5. The van der Waals surface area contributed by atoms with E-state index in [2.05, 4.69) is 10.6 Å². The summed E-state index contributed by atoms with van der Waals surface area (Å²) in [5.74, 6) is -4.82. The molecule has 18 heteroatoms. The van der Waals surface area contributed by atoms with Gasteiger partial charge in [-0.2, -0.15) is 0 Å². The molecule has 1 fully saturated rings. The standard InChI is InChI=1S/C55H71FN2O15/c1-34(59)69-33-48(71-36(3)61)55(73-38(5)63)54(72-37(4)62)47(70-35(2)60)32-58-50(66)16-14-12-10-8-7-9-11-13-15-49(65)57-31-39-17-19-42(20-18-39)52-51(41-23-27-44(68-6)28-24-41)45(53(52)67)29-30-46(64)40-21-25-43(56)26-22-40/h17-28,45-48,51-52,54-55,64H,7-16,29-33H2,1-6H3,(H,57,65)(H,58,66)/t45-,46+,47+,48-,51-,52?,54-,55-/m1/s1. The Morgan fingerprint density at radius 2 is 1.10 bits per heavy atom. The van der Waals surface area contributed by atoms with E-state index >= 15 is 0 Å². The number of carbonyl (C=O) groups is 8. The van der Waals surface area contributed by atoms with E-state index < -0.39 is 67.0 Å². The summed E-state index contributed by atoms with van der Waals surface area (Å²) in [4.78, 5) is 99.3. The van der Waals surface area contributed by atoms with Crippen molar-refractivity contribution in [2.45, 2.75) is 161 Å². The zero-order valence-corrected chi connectivity index (χ0v) is 42.7. The van der Waals surface area contributed by atoms with Gasteiger partial charge in [-0.15, -0.1) is 0 Å². The number of benzene rings is 3. The molecule has 0 heterocycles. The number of ether oxygens (including phenoxy) is 6. The number of esters is 5. The molecule has 73 heavy (non-hydrogen) atoms. The molecule has 4 rings (SSSR count). The Hall–Kier alpha value is -6.69. The molecule has 1 unspecified atom stereocenters. The van der Waals surface area contributed by atoms with Gasteiger partial charge in [-0.25, -0.2) is 4.39 Å². The molecule has 17 nitrogen and oxygen atoms in total. The third kappa shape index (κ3) is 20.0. The monoisotopic (exact) mass is 1020 g/mol. The lowest BCUT2D eigenvalue weighted by Crippen LogP contribution is -2.55. The number of hydrogen-bond acceptors (Lipinski definition) is 15. The average Bonchev–Trinajstić information content (AvgIpc) is 3.34. The number of rotatable bonds is 31. The Kier molecular flexibility index (Phi) is 24.5. The number of aliphatic hydroxyl groups is 1. The summed E-state index contributed by atoms with van der Waals surface area (Å²) in [6.07, 6.45) is 1.29. The van der Waals surface area contributed by atoms with Gasteiger partial charge in [0.1, 0.15) is 24.0 Å². The second-order valence-electron chi connectivity index (χ2n) is 18.3. The minimum Gasteiger partial charge on any atom is -0.497 e. The number of methoxy groups -OCH3 is 1. The molecular weight excluding hydrogens is 948 g/mol. The van der Waals surface area contributed by atoms with Crippen molar-refractivity contribution in [3.8, 4) is 5.75 Å². The van der Waals surface area contributed by atoms with E-state index in [4.69, 9.17) is 28.4 Å². The van der Waals surface area contributed by atoms with Gasteiger partial charge in [0.05, 0.1) is 25.7 Å². The van der Waals surface area contributed by atoms with Crippen molar-refractivity contribution >= 4 is 47.4 Å². The molecule has 0 saturated heterocycles. The summed E-state index contributed by atoms with van der Waals surface area (Å²) in [5.41, 5.74) is 3.42. The fourth-order valence-electron chi connectivity index (χ4n) is 9.04. The van der Waals surface area contributed by atoms with Crippen LogP contribution in [0, 0.1) is 11.7 Å². The lowest BCUT2D eigenvalue weighted by atomic mass is 9.57. The summed E-state index contributed by atoms with van der Waals surface area (Å²) >= 11 is 0. The highest BCUT2D eigenvalue weighted by Gasteiger charge is 2.50. The van der Waals surface area contributed by atoms with Crippen molar-refractivity contribution < 1.29 is 76.3 Å². The predicted molar refractivity (Wildman–Crippen MR) is 264 cm³/mol. The van der Waals surface area contributed by atoms with Crippen LogP contribution in [-0.4, -0.2) is 97.2 Å². The number of Topliss-reactive ketones (excluding diaryl/α,β-unsaturated/α-hetero) is 1. The number of ketones is 1. The molecule has 398 valence electrons. The smallest absolute Gasteiger partial charge is 0.303 e. The molecule has 3 N–H and O–H groups in total. The van der Waals surface area contributed by atoms with Crippen molar-refractivity contribution in [3.05, 3.63) is 101 Å². The molecule has 0 aromatic heterocycles. The molecular formula is C55H71FN2O15. The van der Waals surface area contributed by atoms with Crippen molar-refractivity contribution in [1.29, 1.82) is 0 Å². The van der Waals surface area contributed by atoms with Gasteiger partial charge in [-0.3, -0.25) is 38.4 Å². The lowest BCUT2D eigenvalue weighted by Gasteiger charge is -2.44. The zero-order valence-electron chi connectivity index (χ0n) is 42.7. The fourth-order valence-corrected chi connectivity index (χ4v) is 9.04. The Labute approximate surface area is 426 Å². The van der Waals surface area contributed by atoms with E-state index in [1.807, 2.05) is 48.5 Å². The maximum absolute atomic E-state index is 13.7. The van der Waals surface area contributed by atoms with E-state index in [0.29, 0.717) is 43.5 Å². The van der Waals surface area contributed by atoms with Gasteiger partial charge in [-0.1, -0.05) is 87.1 Å². The Balaban J connectivity index is 1.15. The van der Waals surface area contributed by atoms with Gasteiger partial charge in [0.2, 0.25) is 11.8 Å². The van der Waals surface area contributed by atoms with Crippen LogP contribution in [-0.2, 0) is 68.6 Å². The van der Waals surface area contributed by atoms with E-state index in [1.54, 1.807) is 19.2 Å². The van der Waals surface area contributed by atoms with Crippen molar-refractivity contribution in [2.24, 2.45) is 5.92 Å². The van der Waals surface area contributed by atoms with Crippen LogP contribution in [0.3, 0.4) is 0 Å². The third-order valence-corrected chi connectivity index (χ3v) is 12.6. The molecule has 0 spiro atoms. The molecule has 0 bridgehead atoms. The quantitative estimate of drug-likeness (QED) is 0.0325. The summed E-state index contributed by atoms with van der Waals surface area (Å²) < 4.78 is 45.2. The fraction of sp³-hybridized carbons (Fsp3) is 0.527. The molecule has 3 aromatic rings. The summed E-state index contributed by atoms with van der Waals surface area (Å²) in [6, 6.07) is 21.2. The Bertz CT molecular complexity index is 2290. The third-order valence-electron chi connectivity index (χ3n) is 12.6. The van der Waals surface area contributed by atoms with Crippen LogP contribution in [0.2, 0.25) is 0 Å². The number of unbranched alkanes of at least 4 members (excludes halogenated alkanes) is 7. The first-order valence-electron chi connectivity index (χ1n) is 24.9. The zero-order chi connectivity index (χ0) is 53.5. The highest BCUT2D eigenvalue weighted by atomic mass is 19.1. The first-order valence-corrected chi connectivity index (χ1v) is 24.9. The van der Waals surface area contributed by atoms with Gasteiger partial charge in [0, 0.05) is 65.8 Å². The highest BCUT2D eigenvalue weighted by molar-refractivity contribution is 5.96. The van der Waals surface area contributed by atoms with E-state index in [-0.39, 0.29) is 54.1 Å². The number of carbonyl (C=O) groups excluding carboxylic acids is 8. The largest absolute Gasteiger partial charge is 0.497 e. The number of amides is 2. The first-order chi connectivity index (χ1) is 34.9. The predicted octanol–water partition coefficient (Wildman–Crippen LogP) is 7.34. The van der Waals surface area contributed by atoms with Crippen LogP contribution >= 0.6 is 0 Å². The van der Waals surface area contributed by atoms with Crippen molar-refractivity contribution in [3.63, 3.8) is 0 Å². The van der Waals surface area contributed by atoms with Gasteiger partial charge in [0.15, 0.2) is 24.4 Å². The number of hydrogen-bond donors (Lipinski definition) is 3. The Morgan fingerprint density at radius 3 is 1.62 bits per heavy atom. The summed E-state index contributed by atoms with van der Waals surface area (Å²) in [6.45, 7) is 4.81. The average molecular weight is 1020 g/mol. The highest BCUT2D eigenvalue weighted by Crippen LogP contribution is 2.53. The SMILES string of the molecule is COc1ccc([C@H]2C(c3ccc(CNC(=O)CCCCCCCCCCC(=O)NC[C@H](OC(C)=O)[C@@H](OC(C)=O)[C@H](OC(C)=O)[C@@H](COC(C)=O)OC(C)=O)cc3)C(=O)[C@@H]2CC[C@H](O)c2ccc(F)cc2)cc1. The molecule has 0 radical (unpaired) electrons. The summed E-state index contributed by atoms with van der Waals surface area (Å²) in [7, 11) is 1.60. The second kappa shape index (κ2) is 30.4. The topological polar surface area (TPSA) is 236 Å². The molecule has 3 aromatic carbocycles. The molecule has 1 aliphatic rings. The number of aliphatic hydroxyl groups excluding tert-OH is 1. The van der Waals surface area contributed by atoms with Gasteiger partial charge in [0.25, 0.3) is 0 Å². The molecule has 1 saturated carbocycles. The minimum absolute atomic E-state index is 0.0440. The van der Waals surface area contributed by atoms with Gasteiger partial charge in [-0.05, 0) is 72.2 Å². The molecule has 1 aliphatic carbocycles. The van der Waals surface area contributed by atoms with Crippen LogP contribution < -0.4 is 15.4 Å². The number of nitrogens with one attached hydrogen (secondary N) is 2. The van der Waals surface area contributed by atoms with Crippen LogP contribution in [0.15, 0.2) is 72.8 Å². The van der Waals surface area contributed by atoms with E-state index in [9.17, 15) is 47.9 Å². The van der Waals surface area contributed by atoms with Crippen molar-refractivity contribution in [1.82, 2.24) is 10.6 Å². The second-order valence-corrected chi connectivity index (χ2v) is 18.3. The maximum Gasteiger partial charge on any atom is 0.303 e. The lowest BCUT2D eigenvalue weighted by molar-refractivity contribution is -0.202.